The van der Waals surface area contributed by atoms with Crippen LogP contribution in [0.1, 0.15) is 31.2 Å². The quantitative estimate of drug-likeness (QED) is 0.595. The van der Waals surface area contributed by atoms with Crippen molar-refractivity contribution in [2.75, 3.05) is 20.2 Å². The molecule has 3 heterocycles. The number of carbonyl (C=O) groups is 1. The van der Waals surface area contributed by atoms with Gasteiger partial charge < -0.3 is 14.1 Å². The number of ether oxygens (including phenoxy) is 1. The monoisotopic (exact) mass is 433 g/mol. The van der Waals surface area contributed by atoms with Crippen molar-refractivity contribution < 1.29 is 13.9 Å². The summed E-state index contributed by atoms with van der Waals surface area (Å²) in [5.41, 5.74) is 1.25. The zero-order valence-corrected chi connectivity index (χ0v) is 18.2. The molecular weight excluding hydrogens is 406 g/mol. The number of piperidine rings is 1. The summed E-state index contributed by atoms with van der Waals surface area (Å²) < 4.78 is 12.2. The molecule has 7 nitrogen and oxygen atoms in total. The topological polar surface area (TPSA) is 77.6 Å². The van der Waals surface area contributed by atoms with Gasteiger partial charge in [0.05, 0.1) is 18.8 Å². The van der Waals surface area contributed by atoms with Gasteiger partial charge in [-0.25, -0.2) is 4.68 Å². The summed E-state index contributed by atoms with van der Waals surface area (Å²) in [6.45, 7) is 1.99. The van der Waals surface area contributed by atoms with Crippen molar-refractivity contribution in [2.24, 2.45) is 5.92 Å². The average Bonchev–Trinajstić information content (AvgIpc) is 3.46. The van der Waals surface area contributed by atoms with Crippen molar-refractivity contribution in [1.82, 2.24) is 14.7 Å². The summed E-state index contributed by atoms with van der Waals surface area (Å²) >= 11 is 0. The van der Waals surface area contributed by atoms with Crippen molar-refractivity contribution in [3.8, 4) is 17.2 Å². The first-order valence-corrected chi connectivity index (χ1v) is 11.1. The molecule has 32 heavy (non-hydrogen) atoms. The fourth-order valence-corrected chi connectivity index (χ4v) is 4.66. The zero-order chi connectivity index (χ0) is 22.1. The highest BCUT2D eigenvalue weighted by Crippen LogP contribution is 2.50. The number of hydrogen-bond acceptors (Lipinski definition) is 5. The minimum absolute atomic E-state index is 0.116. The molecule has 0 unspecified atom stereocenters. The molecule has 0 N–H and O–H groups in total. The third kappa shape index (κ3) is 3.83. The van der Waals surface area contributed by atoms with Gasteiger partial charge in [0.2, 0.25) is 5.91 Å². The van der Waals surface area contributed by atoms with Gasteiger partial charge in [-0.3, -0.25) is 9.59 Å². The second kappa shape index (κ2) is 8.30. The molecule has 3 aromatic rings. The van der Waals surface area contributed by atoms with Crippen LogP contribution in [-0.4, -0.2) is 40.8 Å². The van der Waals surface area contributed by atoms with Crippen LogP contribution in [0.3, 0.4) is 0 Å². The van der Waals surface area contributed by atoms with Crippen LogP contribution < -0.4 is 10.3 Å². The first-order valence-electron chi connectivity index (χ1n) is 11.1. The van der Waals surface area contributed by atoms with Gasteiger partial charge >= 0.3 is 0 Å². The van der Waals surface area contributed by atoms with Crippen molar-refractivity contribution >= 4 is 5.91 Å². The van der Waals surface area contributed by atoms with Gasteiger partial charge in [0.15, 0.2) is 5.76 Å². The van der Waals surface area contributed by atoms with E-state index in [2.05, 4.69) is 5.10 Å². The Bertz CT molecular complexity index is 1140. The van der Waals surface area contributed by atoms with Crippen LogP contribution in [-0.2, 0) is 16.8 Å². The molecule has 1 saturated carbocycles. The number of benzene rings is 1. The fourth-order valence-electron chi connectivity index (χ4n) is 4.66. The van der Waals surface area contributed by atoms with Gasteiger partial charge in [0.1, 0.15) is 11.4 Å². The van der Waals surface area contributed by atoms with Gasteiger partial charge in [-0.1, -0.05) is 12.1 Å². The molecule has 7 heteroatoms. The van der Waals surface area contributed by atoms with E-state index in [1.807, 2.05) is 35.2 Å². The maximum absolute atomic E-state index is 13.3. The molecule has 2 aliphatic rings. The molecule has 2 fully saturated rings. The van der Waals surface area contributed by atoms with Crippen LogP contribution in [0.5, 0.6) is 5.75 Å². The van der Waals surface area contributed by atoms with Crippen molar-refractivity contribution in [1.29, 1.82) is 0 Å². The summed E-state index contributed by atoms with van der Waals surface area (Å²) in [5, 5.41) is 4.49. The SMILES string of the molecule is COc1ccc(C2(C(=O)N3CCC(Cn4nc(-c5ccco5)ccc4=O)CC3)CC2)cc1. The van der Waals surface area contributed by atoms with Crippen LogP contribution in [0.4, 0.5) is 0 Å². The van der Waals surface area contributed by atoms with E-state index in [9.17, 15) is 9.59 Å². The Balaban J connectivity index is 1.22. The summed E-state index contributed by atoms with van der Waals surface area (Å²) in [7, 11) is 1.65. The molecule has 166 valence electrons. The van der Waals surface area contributed by atoms with Gasteiger partial charge in [-0.05, 0) is 67.5 Å². The molecule has 0 radical (unpaired) electrons. The summed E-state index contributed by atoms with van der Waals surface area (Å²) in [4.78, 5) is 27.7. The van der Waals surface area contributed by atoms with Gasteiger partial charge in [0, 0.05) is 25.7 Å². The maximum Gasteiger partial charge on any atom is 0.266 e. The number of aromatic nitrogens is 2. The zero-order valence-electron chi connectivity index (χ0n) is 18.2. The van der Waals surface area contributed by atoms with Crippen LogP contribution in [0.25, 0.3) is 11.5 Å². The predicted octanol–water partition coefficient (Wildman–Crippen LogP) is 3.48. The van der Waals surface area contributed by atoms with E-state index < -0.39 is 0 Å². The van der Waals surface area contributed by atoms with Crippen LogP contribution >= 0.6 is 0 Å². The molecule has 2 aromatic heterocycles. The lowest BCUT2D eigenvalue weighted by Gasteiger charge is -2.34. The molecule has 1 aliphatic heterocycles. The van der Waals surface area contributed by atoms with E-state index in [1.165, 1.54) is 10.7 Å². The van der Waals surface area contributed by atoms with Crippen LogP contribution in [0.2, 0.25) is 0 Å². The molecular formula is C25H27N3O4. The normalized spacial score (nSPS) is 17.8. The highest BCUT2D eigenvalue weighted by Gasteiger charge is 2.53. The summed E-state index contributed by atoms with van der Waals surface area (Å²) in [6, 6.07) is 14.7. The number of nitrogens with zero attached hydrogens (tertiary/aromatic N) is 3. The maximum atomic E-state index is 13.3. The fraction of sp³-hybridized carbons (Fsp3) is 0.400. The van der Waals surface area contributed by atoms with Crippen LogP contribution in [0.15, 0.2) is 64.0 Å². The first kappa shape index (κ1) is 20.5. The Labute approximate surface area is 186 Å². The number of carbonyl (C=O) groups excluding carboxylic acids is 1. The van der Waals surface area contributed by atoms with Crippen molar-refractivity contribution in [3.63, 3.8) is 0 Å². The van der Waals surface area contributed by atoms with E-state index in [4.69, 9.17) is 9.15 Å². The minimum atomic E-state index is -0.366. The molecule has 5 rings (SSSR count). The van der Waals surface area contributed by atoms with E-state index in [0.717, 1.165) is 37.0 Å². The Morgan fingerprint density at radius 2 is 1.88 bits per heavy atom. The summed E-state index contributed by atoms with van der Waals surface area (Å²) in [5.74, 6) is 1.99. The Morgan fingerprint density at radius 3 is 2.50 bits per heavy atom. The number of furan rings is 1. The second-order valence-electron chi connectivity index (χ2n) is 8.76. The van der Waals surface area contributed by atoms with Gasteiger partial charge in [-0.2, -0.15) is 5.10 Å². The lowest BCUT2D eigenvalue weighted by molar-refractivity contribution is -0.135. The third-order valence-electron chi connectivity index (χ3n) is 6.78. The number of rotatable bonds is 6. The van der Waals surface area contributed by atoms with E-state index in [0.29, 0.717) is 37.0 Å². The molecule has 1 aliphatic carbocycles. The predicted molar refractivity (Wildman–Crippen MR) is 119 cm³/mol. The van der Waals surface area contributed by atoms with E-state index >= 15 is 0 Å². The Morgan fingerprint density at radius 1 is 1.12 bits per heavy atom. The summed E-state index contributed by atoms with van der Waals surface area (Å²) in [6.07, 6.45) is 5.12. The Kier molecular flexibility index (Phi) is 5.33. The highest BCUT2D eigenvalue weighted by atomic mass is 16.5. The van der Waals surface area contributed by atoms with E-state index in [1.54, 1.807) is 25.5 Å². The largest absolute Gasteiger partial charge is 0.497 e. The smallest absolute Gasteiger partial charge is 0.266 e. The van der Waals surface area contributed by atoms with Crippen molar-refractivity contribution in [3.05, 3.63) is 70.7 Å². The molecule has 0 spiro atoms. The molecule has 1 saturated heterocycles. The number of methoxy groups -OCH3 is 1. The molecule has 1 aromatic carbocycles. The molecule has 0 atom stereocenters. The molecule has 0 bridgehead atoms. The second-order valence-corrected chi connectivity index (χ2v) is 8.76. The standard InChI is InChI=1S/C25H27N3O4/c1-31-20-6-4-19(5-7-20)25(12-13-25)24(30)27-14-10-18(11-15-27)17-28-23(29)9-8-21(26-28)22-3-2-16-32-22/h2-9,16,18H,10-15,17H2,1H3. The van der Waals surface area contributed by atoms with Gasteiger partial charge in [0.25, 0.3) is 5.56 Å². The lowest BCUT2D eigenvalue weighted by atomic mass is 9.91. The van der Waals surface area contributed by atoms with Crippen molar-refractivity contribution in [2.45, 2.75) is 37.6 Å². The lowest BCUT2D eigenvalue weighted by Crippen LogP contribution is -2.45. The Hall–Kier alpha value is -3.35. The average molecular weight is 434 g/mol. The first-order chi connectivity index (χ1) is 15.6. The van der Waals surface area contributed by atoms with E-state index in [-0.39, 0.29) is 16.9 Å². The number of amides is 1. The highest BCUT2D eigenvalue weighted by molar-refractivity contribution is 5.91. The van der Waals surface area contributed by atoms with Crippen LogP contribution in [0, 0.1) is 5.92 Å². The molecule has 1 amide bonds. The third-order valence-corrected chi connectivity index (χ3v) is 6.78. The number of hydrogen-bond donors (Lipinski definition) is 0. The van der Waals surface area contributed by atoms with Gasteiger partial charge in [-0.15, -0.1) is 0 Å². The number of likely N-dealkylation sites (tertiary alicyclic amines) is 1. The minimum Gasteiger partial charge on any atom is -0.497 e.